The predicted octanol–water partition coefficient (Wildman–Crippen LogP) is 3.90. The van der Waals surface area contributed by atoms with Crippen molar-refractivity contribution in [1.29, 1.82) is 0 Å². The second kappa shape index (κ2) is 7.27. The Morgan fingerprint density at radius 3 is 2.78 bits per heavy atom. The van der Waals surface area contributed by atoms with Gasteiger partial charge in [0.05, 0.1) is 24.3 Å². The Morgan fingerprint density at radius 1 is 1.07 bits per heavy atom. The van der Waals surface area contributed by atoms with E-state index in [1.165, 1.54) is 12.0 Å². The van der Waals surface area contributed by atoms with Gasteiger partial charge in [-0.25, -0.2) is 9.97 Å². The quantitative estimate of drug-likeness (QED) is 0.695. The van der Waals surface area contributed by atoms with Gasteiger partial charge in [-0.05, 0) is 49.5 Å². The van der Waals surface area contributed by atoms with E-state index in [1.54, 1.807) is 12.5 Å². The van der Waals surface area contributed by atoms with Crippen molar-refractivity contribution in [3.05, 3.63) is 48.4 Å². The predicted molar refractivity (Wildman–Crippen MR) is 105 cm³/mol. The molecule has 3 aromatic rings. The lowest BCUT2D eigenvalue weighted by atomic mass is 9.93. The molecule has 2 aromatic heterocycles. The van der Waals surface area contributed by atoms with Crippen LogP contribution >= 0.6 is 0 Å². The van der Waals surface area contributed by atoms with Gasteiger partial charge in [0.15, 0.2) is 5.65 Å². The number of ether oxygens (including phenoxy) is 1. The number of fused-ring (bicyclic) bond motifs is 1. The van der Waals surface area contributed by atoms with E-state index in [1.807, 2.05) is 0 Å². The first-order valence-corrected chi connectivity index (χ1v) is 9.94. The first-order valence-electron chi connectivity index (χ1n) is 9.94. The van der Waals surface area contributed by atoms with Crippen LogP contribution in [0.15, 0.2) is 42.9 Å². The molecular formula is C21H25N5O. The van der Waals surface area contributed by atoms with Gasteiger partial charge in [-0.3, -0.25) is 5.10 Å². The molecular weight excluding hydrogens is 338 g/mol. The molecule has 5 rings (SSSR count). The summed E-state index contributed by atoms with van der Waals surface area (Å²) in [6.45, 7) is 0.907. The zero-order valence-corrected chi connectivity index (χ0v) is 15.3. The van der Waals surface area contributed by atoms with Gasteiger partial charge in [0.25, 0.3) is 0 Å². The molecule has 2 saturated carbocycles. The third-order valence-electron chi connectivity index (χ3n) is 5.96. The van der Waals surface area contributed by atoms with Crippen LogP contribution in [0.1, 0.15) is 43.6 Å². The van der Waals surface area contributed by atoms with Crippen molar-refractivity contribution in [1.82, 2.24) is 20.2 Å². The molecule has 2 fully saturated rings. The number of nitrogens with one attached hydrogen (secondary N) is 2. The molecule has 140 valence electrons. The van der Waals surface area contributed by atoms with Gasteiger partial charge >= 0.3 is 0 Å². The number of hydrogen-bond donors (Lipinski definition) is 2. The fraction of sp³-hybridized carbons (Fsp3) is 0.476. The molecule has 2 aliphatic carbocycles. The molecule has 2 unspecified atom stereocenters. The molecule has 1 aromatic carbocycles. The summed E-state index contributed by atoms with van der Waals surface area (Å²) < 4.78 is 6.25. The van der Waals surface area contributed by atoms with Crippen LogP contribution in [0.3, 0.4) is 0 Å². The number of benzene rings is 1. The Morgan fingerprint density at radius 2 is 1.93 bits per heavy atom. The Kier molecular flexibility index (Phi) is 4.49. The lowest BCUT2D eigenvalue weighted by molar-refractivity contribution is 0.0196. The van der Waals surface area contributed by atoms with E-state index in [9.17, 15) is 0 Å². The standard InChI is InChI=1S/C21H25N5O/c1-2-4-14(5-3-1)18-10-15(18)12-27-17-8-6-16(7-9-17)25-20-19-11-24-26-21(19)23-13-22-20/h1-5,11,13,15-18H,6-10,12H2,(H2,22,23,24,25,26). The van der Waals surface area contributed by atoms with Gasteiger partial charge in [0, 0.05) is 6.04 Å². The van der Waals surface area contributed by atoms with Crippen LogP contribution in [0.2, 0.25) is 0 Å². The summed E-state index contributed by atoms with van der Waals surface area (Å²) in [5.74, 6) is 2.29. The number of H-pyrrole nitrogens is 1. The highest BCUT2D eigenvalue weighted by atomic mass is 16.5. The summed E-state index contributed by atoms with van der Waals surface area (Å²) in [6.07, 6.45) is 9.48. The fourth-order valence-electron chi connectivity index (χ4n) is 4.25. The van der Waals surface area contributed by atoms with Gasteiger partial charge in [-0.2, -0.15) is 5.10 Å². The monoisotopic (exact) mass is 363 g/mol. The number of hydrogen-bond acceptors (Lipinski definition) is 5. The van der Waals surface area contributed by atoms with Crippen LogP contribution in [0.25, 0.3) is 11.0 Å². The first kappa shape index (κ1) is 16.7. The molecule has 0 spiro atoms. The fourth-order valence-corrected chi connectivity index (χ4v) is 4.25. The van der Waals surface area contributed by atoms with Gasteiger partial charge in [-0.1, -0.05) is 30.3 Å². The van der Waals surface area contributed by atoms with E-state index in [0.29, 0.717) is 24.0 Å². The van der Waals surface area contributed by atoms with Crippen LogP contribution in [-0.2, 0) is 4.74 Å². The van der Waals surface area contributed by atoms with E-state index in [4.69, 9.17) is 4.74 Å². The highest BCUT2D eigenvalue weighted by Crippen LogP contribution is 2.47. The maximum atomic E-state index is 6.25. The lowest BCUT2D eigenvalue weighted by Gasteiger charge is -2.29. The summed E-state index contributed by atoms with van der Waals surface area (Å²) >= 11 is 0. The highest BCUT2D eigenvalue weighted by molar-refractivity contribution is 5.85. The Hall–Kier alpha value is -2.47. The van der Waals surface area contributed by atoms with Crippen molar-refractivity contribution >= 4 is 16.9 Å². The molecule has 2 heterocycles. The summed E-state index contributed by atoms with van der Waals surface area (Å²) in [4.78, 5) is 8.58. The molecule has 0 amide bonds. The molecule has 0 aliphatic heterocycles. The summed E-state index contributed by atoms with van der Waals surface area (Å²) in [5, 5.41) is 11.5. The molecule has 2 atom stereocenters. The van der Waals surface area contributed by atoms with Crippen molar-refractivity contribution < 1.29 is 4.74 Å². The molecule has 0 bridgehead atoms. The summed E-state index contributed by atoms with van der Waals surface area (Å²) in [6, 6.07) is 11.3. The topological polar surface area (TPSA) is 75.7 Å². The van der Waals surface area contributed by atoms with Crippen LogP contribution in [0, 0.1) is 5.92 Å². The van der Waals surface area contributed by atoms with Gasteiger partial charge in [0.1, 0.15) is 12.1 Å². The number of aromatic nitrogens is 4. The second-order valence-corrected chi connectivity index (χ2v) is 7.82. The Balaban J connectivity index is 1.08. The normalized spacial score (nSPS) is 27.6. The third kappa shape index (κ3) is 3.67. The zero-order chi connectivity index (χ0) is 18.1. The van der Waals surface area contributed by atoms with E-state index < -0.39 is 0 Å². The van der Waals surface area contributed by atoms with Crippen molar-refractivity contribution in [3.63, 3.8) is 0 Å². The summed E-state index contributed by atoms with van der Waals surface area (Å²) in [5.41, 5.74) is 2.25. The van der Waals surface area contributed by atoms with Gasteiger partial charge < -0.3 is 10.1 Å². The SMILES string of the molecule is c1ccc(C2CC2COC2CCC(Nc3ncnc4[nH]ncc34)CC2)cc1. The van der Waals surface area contributed by atoms with Crippen molar-refractivity contribution in [2.24, 2.45) is 5.92 Å². The van der Waals surface area contributed by atoms with Gasteiger partial charge in [-0.15, -0.1) is 0 Å². The minimum Gasteiger partial charge on any atom is -0.378 e. The zero-order valence-electron chi connectivity index (χ0n) is 15.3. The van der Waals surface area contributed by atoms with E-state index >= 15 is 0 Å². The van der Waals surface area contributed by atoms with Crippen LogP contribution in [-0.4, -0.2) is 38.9 Å². The maximum Gasteiger partial charge on any atom is 0.160 e. The Bertz CT molecular complexity index is 888. The second-order valence-electron chi connectivity index (χ2n) is 7.82. The molecule has 27 heavy (non-hydrogen) atoms. The summed E-state index contributed by atoms with van der Waals surface area (Å²) in [7, 11) is 0. The van der Waals surface area contributed by atoms with Crippen LogP contribution in [0.5, 0.6) is 0 Å². The average Bonchev–Trinajstić information content (AvgIpc) is 3.34. The molecule has 0 radical (unpaired) electrons. The smallest absolute Gasteiger partial charge is 0.160 e. The van der Waals surface area contributed by atoms with E-state index in [0.717, 1.165) is 49.1 Å². The number of aromatic amines is 1. The number of nitrogens with zero attached hydrogens (tertiary/aromatic N) is 3. The molecule has 2 N–H and O–H groups in total. The largest absolute Gasteiger partial charge is 0.378 e. The minimum atomic E-state index is 0.402. The molecule has 6 nitrogen and oxygen atoms in total. The Labute approximate surface area is 158 Å². The van der Waals surface area contributed by atoms with Gasteiger partial charge in [0.2, 0.25) is 0 Å². The van der Waals surface area contributed by atoms with Crippen LogP contribution < -0.4 is 5.32 Å². The van der Waals surface area contributed by atoms with E-state index in [-0.39, 0.29) is 0 Å². The average molecular weight is 363 g/mol. The van der Waals surface area contributed by atoms with E-state index in [2.05, 4.69) is 55.8 Å². The highest BCUT2D eigenvalue weighted by Gasteiger charge is 2.38. The molecule has 2 aliphatic rings. The molecule has 6 heteroatoms. The van der Waals surface area contributed by atoms with Crippen molar-refractivity contribution in [2.75, 3.05) is 11.9 Å². The van der Waals surface area contributed by atoms with Crippen molar-refractivity contribution in [3.8, 4) is 0 Å². The number of anilines is 1. The van der Waals surface area contributed by atoms with Crippen LogP contribution in [0.4, 0.5) is 5.82 Å². The molecule has 0 saturated heterocycles. The minimum absolute atomic E-state index is 0.402. The lowest BCUT2D eigenvalue weighted by Crippen LogP contribution is -2.30. The van der Waals surface area contributed by atoms with Crippen molar-refractivity contribution in [2.45, 2.75) is 50.2 Å². The maximum absolute atomic E-state index is 6.25. The number of rotatable bonds is 6. The third-order valence-corrected chi connectivity index (χ3v) is 5.96. The first-order chi connectivity index (χ1) is 13.4.